The second kappa shape index (κ2) is 7.19. The Morgan fingerprint density at radius 3 is 2.74 bits per heavy atom. The highest BCUT2D eigenvalue weighted by atomic mass is 19.4. The minimum atomic E-state index is -4.21. The molecular formula is C16H20F4N2O. The Labute approximate surface area is 132 Å². The summed E-state index contributed by atoms with van der Waals surface area (Å²) < 4.78 is 51.5. The topological polar surface area (TPSA) is 32.3 Å². The van der Waals surface area contributed by atoms with Crippen molar-refractivity contribution in [2.24, 2.45) is 5.92 Å². The summed E-state index contributed by atoms with van der Waals surface area (Å²) in [6.45, 7) is 0.193. The summed E-state index contributed by atoms with van der Waals surface area (Å²) in [4.78, 5) is 13.4. The first kappa shape index (κ1) is 17.6. The molecule has 1 aliphatic rings. The highest BCUT2D eigenvalue weighted by Crippen LogP contribution is 2.37. The van der Waals surface area contributed by atoms with E-state index in [0.29, 0.717) is 18.4 Å². The number of carbonyl (C=O) groups is 1. The minimum absolute atomic E-state index is 0.0803. The predicted octanol–water partition coefficient (Wildman–Crippen LogP) is 4.09. The van der Waals surface area contributed by atoms with Gasteiger partial charge in [-0.05, 0) is 37.0 Å². The fourth-order valence-corrected chi connectivity index (χ4v) is 2.88. The lowest BCUT2D eigenvalue weighted by atomic mass is 9.85. The van der Waals surface area contributed by atoms with Crippen LogP contribution in [0.4, 0.5) is 22.4 Å². The van der Waals surface area contributed by atoms with E-state index in [4.69, 9.17) is 0 Å². The summed E-state index contributed by atoms with van der Waals surface area (Å²) in [5, 5.41) is 2.65. The van der Waals surface area contributed by atoms with E-state index in [9.17, 15) is 22.4 Å². The lowest BCUT2D eigenvalue weighted by Gasteiger charge is -2.32. The molecule has 2 atom stereocenters. The van der Waals surface area contributed by atoms with E-state index >= 15 is 0 Å². The van der Waals surface area contributed by atoms with E-state index in [-0.39, 0.29) is 19.4 Å². The third-order valence-corrected chi connectivity index (χ3v) is 4.12. The van der Waals surface area contributed by atoms with Crippen molar-refractivity contribution in [2.45, 2.75) is 44.4 Å². The van der Waals surface area contributed by atoms with Crippen LogP contribution in [0.1, 0.15) is 31.2 Å². The number of amides is 2. The number of hydrogen-bond acceptors (Lipinski definition) is 1. The first-order valence-corrected chi connectivity index (χ1v) is 7.58. The summed E-state index contributed by atoms with van der Waals surface area (Å²) in [7, 11) is 1.53. The van der Waals surface area contributed by atoms with Crippen LogP contribution in [0.25, 0.3) is 0 Å². The molecule has 2 amide bonds. The van der Waals surface area contributed by atoms with Crippen LogP contribution < -0.4 is 5.32 Å². The van der Waals surface area contributed by atoms with Gasteiger partial charge in [0.2, 0.25) is 0 Å². The van der Waals surface area contributed by atoms with Crippen LogP contribution >= 0.6 is 0 Å². The first-order chi connectivity index (χ1) is 10.8. The number of urea groups is 1. The molecule has 1 saturated carbocycles. The van der Waals surface area contributed by atoms with Gasteiger partial charge in [-0.1, -0.05) is 18.6 Å². The van der Waals surface area contributed by atoms with Gasteiger partial charge in [0.05, 0.1) is 5.92 Å². The molecule has 3 nitrogen and oxygen atoms in total. The maximum atomic E-state index is 13.1. The Balaban J connectivity index is 1.88. The maximum absolute atomic E-state index is 13.1. The third kappa shape index (κ3) is 5.11. The first-order valence-electron chi connectivity index (χ1n) is 7.58. The van der Waals surface area contributed by atoms with Crippen LogP contribution in [-0.2, 0) is 6.54 Å². The number of halogens is 4. The molecule has 128 valence electrons. The molecule has 1 aliphatic carbocycles. The van der Waals surface area contributed by atoms with Gasteiger partial charge in [-0.3, -0.25) is 0 Å². The van der Waals surface area contributed by atoms with Crippen LogP contribution in [0.3, 0.4) is 0 Å². The Hall–Kier alpha value is -1.79. The molecule has 0 unspecified atom stereocenters. The lowest BCUT2D eigenvalue weighted by molar-refractivity contribution is -0.183. The number of hydrogen-bond donors (Lipinski definition) is 1. The van der Waals surface area contributed by atoms with Crippen molar-refractivity contribution in [3.63, 3.8) is 0 Å². The van der Waals surface area contributed by atoms with Gasteiger partial charge in [0.15, 0.2) is 0 Å². The van der Waals surface area contributed by atoms with E-state index in [1.807, 2.05) is 0 Å². The second-order valence-corrected chi connectivity index (χ2v) is 6.04. The van der Waals surface area contributed by atoms with Crippen molar-refractivity contribution in [3.8, 4) is 0 Å². The molecule has 0 saturated heterocycles. The van der Waals surface area contributed by atoms with E-state index in [1.165, 1.54) is 24.1 Å². The molecule has 0 aliphatic heterocycles. The summed E-state index contributed by atoms with van der Waals surface area (Å²) in [6.07, 6.45) is -3.18. The zero-order valence-corrected chi connectivity index (χ0v) is 12.9. The van der Waals surface area contributed by atoms with E-state index in [2.05, 4.69) is 5.32 Å². The van der Waals surface area contributed by atoms with Crippen LogP contribution in [-0.4, -0.2) is 30.2 Å². The van der Waals surface area contributed by atoms with Crippen LogP contribution in [0.5, 0.6) is 0 Å². The molecule has 0 heterocycles. The Bertz CT molecular complexity index is 547. The van der Waals surface area contributed by atoms with Crippen molar-refractivity contribution in [3.05, 3.63) is 35.6 Å². The van der Waals surface area contributed by atoms with Crippen LogP contribution in [0, 0.1) is 11.7 Å². The fraction of sp³-hybridized carbons (Fsp3) is 0.562. The monoisotopic (exact) mass is 332 g/mol. The molecule has 23 heavy (non-hydrogen) atoms. The van der Waals surface area contributed by atoms with Gasteiger partial charge in [0.1, 0.15) is 5.82 Å². The molecule has 0 radical (unpaired) electrons. The summed E-state index contributed by atoms with van der Waals surface area (Å²) in [5.74, 6) is -1.74. The van der Waals surface area contributed by atoms with Crippen LogP contribution in [0.2, 0.25) is 0 Å². The van der Waals surface area contributed by atoms with Gasteiger partial charge in [-0.2, -0.15) is 13.2 Å². The highest BCUT2D eigenvalue weighted by molar-refractivity contribution is 5.74. The molecule has 1 N–H and O–H groups in total. The van der Waals surface area contributed by atoms with Gasteiger partial charge in [-0.25, -0.2) is 9.18 Å². The third-order valence-electron chi connectivity index (χ3n) is 4.12. The van der Waals surface area contributed by atoms with E-state index in [1.54, 1.807) is 12.1 Å². The SMILES string of the molecule is CN(Cc1cccc(F)c1)C(=O)N[C@H]1CCC[C@H](C(F)(F)F)C1. The van der Waals surface area contributed by atoms with Gasteiger partial charge in [0, 0.05) is 19.6 Å². The number of nitrogens with zero attached hydrogens (tertiary/aromatic N) is 1. The Kier molecular flexibility index (Phi) is 5.49. The van der Waals surface area contributed by atoms with E-state index in [0.717, 1.165) is 0 Å². The molecule has 2 rings (SSSR count). The number of rotatable bonds is 3. The highest BCUT2D eigenvalue weighted by Gasteiger charge is 2.42. The molecule has 0 spiro atoms. The van der Waals surface area contributed by atoms with Crippen molar-refractivity contribution in [1.29, 1.82) is 0 Å². The summed E-state index contributed by atoms with van der Waals surface area (Å²) in [6, 6.07) is 4.95. The molecule has 1 fully saturated rings. The van der Waals surface area contributed by atoms with Gasteiger partial charge >= 0.3 is 12.2 Å². The zero-order chi connectivity index (χ0) is 17.0. The average molecular weight is 332 g/mol. The number of alkyl halides is 3. The number of carbonyl (C=O) groups excluding carboxylic acids is 1. The molecule has 7 heteroatoms. The van der Waals surface area contributed by atoms with Gasteiger partial charge in [-0.15, -0.1) is 0 Å². The quantitative estimate of drug-likeness (QED) is 0.831. The smallest absolute Gasteiger partial charge is 0.335 e. The van der Waals surface area contributed by atoms with Crippen molar-refractivity contribution in [2.75, 3.05) is 7.05 Å². The maximum Gasteiger partial charge on any atom is 0.391 e. The predicted molar refractivity (Wildman–Crippen MR) is 78.2 cm³/mol. The number of nitrogens with one attached hydrogen (secondary N) is 1. The standard InChI is InChI=1S/C16H20F4N2O/c1-22(10-11-4-2-6-13(17)8-11)15(23)21-14-7-3-5-12(9-14)16(18,19)20/h2,4,6,8,12,14H,3,5,7,9-10H2,1H3,(H,21,23)/t12-,14-/m0/s1. The largest absolute Gasteiger partial charge is 0.391 e. The summed E-state index contributed by atoms with van der Waals surface area (Å²) >= 11 is 0. The minimum Gasteiger partial charge on any atom is -0.335 e. The normalized spacial score (nSPS) is 21.8. The van der Waals surface area contributed by atoms with Crippen molar-refractivity contribution in [1.82, 2.24) is 10.2 Å². The molecule has 0 aromatic heterocycles. The van der Waals surface area contributed by atoms with E-state index < -0.39 is 30.0 Å². The fourth-order valence-electron chi connectivity index (χ4n) is 2.88. The second-order valence-electron chi connectivity index (χ2n) is 6.04. The number of benzene rings is 1. The van der Waals surface area contributed by atoms with Crippen molar-refractivity contribution >= 4 is 6.03 Å². The van der Waals surface area contributed by atoms with Crippen molar-refractivity contribution < 1.29 is 22.4 Å². The molecule has 1 aromatic carbocycles. The Morgan fingerprint density at radius 1 is 1.35 bits per heavy atom. The van der Waals surface area contributed by atoms with Gasteiger partial charge in [0.25, 0.3) is 0 Å². The van der Waals surface area contributed by atoms with Gasteiger partial charge < -0.3 is 10.2 Å². The molecular weight excluding hydrogens is 312 g/mol. The molecule has 0 bridgehead atoms. The average Bonchev–Trinajstić information content (AvgIpc) is 2.46. The molecule has 1 aromatic rings. The zero-order valence-electron chi connectivity index (χ0n) is 12.9. The lowest BCUT2D eigenvalue weighted by Crippen LogP contribution is -2.46. The van der Waals surface area contributed by atoms with Crippen LogP contribution in [0.15, 0.2) is 24.3 Å². The Morgan fingerprint density at radius 2 is 2.09 bits per heavy atom. The summed E-state index contributed by atoms with van der Waals surface area (Å²) in [5.41, 5.74) is 0.625.